The summed E-state index contributed by atoms with van der Waals surface area (Å²) < 4.78 is 18.8. The van der Waals surface area contributed by atoms with Gasteiger partial charge in [-0.1, -0.05) is 23.7 Å². The van der Waals surface area contributed by atoms with E-state index in [1.54, 1.807) is 12.1 Å². The molecule has 1 aromatic carbocycles. The Kier molecular flexibility index (Phi) is 7.52. The van der Waals surface area contributed by atoms with E-state index in [2.05, 4.69) is 25.9 Å². The first-order chi connectivity index (χ1) is 13.4. The SMILES string of the molecule is COc1c(F)cccc1CNc1nc(N/C(C=N)=C/NCC(=O)O)ncc1Cl. The zero-order valence-corrected chi connectivity index (χ0v) is 15.5. The van der Waals surface area contributed by atoms with Crippen LogP contribution in [0, 0.1) is 11.2 Å². The number of aliphatic carboxylic acids is 1. The maximum absolute atomic E-state index is 13.8. The molecule has 0 aliphatic carbocycles. The number of hydrogen-bond donors (Lipinski definition) is 5. The van der Waals surface area contributed by atoms with E-state index in [0.717, 1.165) is 6.21 Å². The number of nitrogens with one attached hydrogen (secondary N) is 4. The quantitative estimate of drug-likeness (QED) is 0.379. The van der Waals surface area contributed by atoms with Gasteiger partial charge in [0.2, 0.25) is 5.95 Å². The highest BCUT2D eigenvalue weighted by molar-refractivity contribution is 6.32. The number of anilines is 2. The van der Waals surface area contributed by atoms with Crippen LogP contribution >= 0.6 is 11.6 Å². The average molecular weight is 409 g/mol. The smallest absolute Gasteiger partial charge is 0.322 e. The molecule has 0 fully saturated rings. The van der Waals surface area contributed by atoms with Crippen LogP contribution in [-0.2, 0) is 11.3 Å². The lowest BCUT2D eigenvalue weighted by Gasteiger charge is -2.13. The number of allylic oxidation sites excluding steroid dienone is 1. The van der Waals surface area contributed by atoms with Crippen molar-refractivity contribution in [2.24, 2.45) is 0 Å². The van der Waals surface area contributed by atoms with Gasteiger partial charge < -0.3 is 31.2 Å². The van der Waals surface area contributed by atoms with E-state index < -0.39 is 11.8 Å². The van der Waals surface area contributed by atoms with E-state index in [9.17, 15) is 9.18 Å². The number of methoxy groups -OCH3 is 1. The van der Waals surface area contributed by atoms with Crippen LogP contribution in [0.2, 0.25) is 5.02 Å². The third kappa shape index (κ3) is 5.81. The molecule has 148 valence electrons. The number of carboxylic acid groups (broad SMARTS) is 1. The number of halogens is 2. The van der Waals surface area contributed by atoms with Crippen LogP contribution in [0.25, 0.3) is 0 Å². The molecule has 1 aromatic heterocycles. The summed E-state index contributed by atoms with van der Waals surface area (Å²) in [5, 5.41) is 24.5. The van der Waals surface area contributed by atoms with Gasteiger partial charge in [-0.2, -0.15) is 4.98 Å². The van der Waals surface area contributed by atoms with Crippen LogP contribution in [-0.4, -0.2) is 40.9 Å². The zero-order valence-electron chi connectivity index (χ0n) is 14.8. The second-order valence-corrected chi connectivity index (χ2v) is 5.73. The molecule has 0 amide bonds. The summed E-state index contributed by atoms with van der Waals surface area (Å²) in [5.74, 6) is -0.981. The van der Waals surface area contributed by atoms with Gasteiger partial charge in [-0.3, -0.25) is 4.79 Å². The van der Waals surface area contributed by atoms with Crippen molar-refractivity contribution < 1.29 is 19.0 Å². The molecule has 0 saturated heterocycles. The number of rotatable bonds is 10. The topological polar surface area (TPSA) is 132 Å². The molecule has 2 rings (SSSR count). The Labute approximate surface area is 165 Å². The molecular formula is C17H18ClFN6O3. The van der Waals surface area contributed by atoms with Gasteiger partial charge in [0.05, 0.1) is 19.0 Å². The third-order valence-electron chi connectivity index (χ3n) is 3.37. The van der Waals surface area contributed by atoms with Crippen molar-refractivity contribution in [2.75, 3.05) is 24.3 Å². The first kappa shape index (κ1) is 20.9. The molecule has 0 atom stereocenters. The summed E-state index contributed by atoms with van der Waals surface area (Å²) in [4.78, 5) is 18.7. The summed E-state index contributed by atoms with van der Waals surface area (Å²) in [6.07, 6.45) is 3.63. The number of nitrogens with zero attached hydrogens (tertiary/aromatic N) is 2. The number of ether oxygens (including phenoxy) is 1. The molecule has 0 spiro atoms. The van der Waals surface area contributed by atoms with Crippen molar-refractivity contribution in [1.29, 1.82) is 5.41 Å². The fourth-order valence-corrected chi connectivity index (χ4v) is 2.30. The molecule has 0 aliphatic rings. The second kappa shape index (κ2) is 10.1. The Balaban J connectivity index is 2.11. The van der Waals surface area contributed by atoms with Crippen LogP contribution in [0.15, 0.2) is 36.3 Å². The van der Waals surface area contributed by atoms with Crippen LogP contribution in [0.5, 0.6) is 5.75 Å². The van der Waals surface area contributed by atoms with E-state index in [1.807, 2.05) is 0 Å². The lowest BCUT2D eigenvalue weighted by Crippen LogP contribution is -2.19. The van der Waals surface area contributed by atoms with Gasteiger partial charge in [-0.05, 0) is 6.07 Å². The lowest BCUT2D eigenvalue weighted by atomic mass is 10.2. The van der Waals surface area contributed by atoms with Crippen molar-refractivity contribution in [3.8, 4) is 5.75 Å². The number of carbonyl (C=O) groups is 1. The normalized spacial score (nSPS) is 10.9. The highest BCUT2D eigenvalue weighted by Crippen LogP contribution is 2.25. The number of benzene rings is 1. The standard InChI is InChI=1S/C17H18ClFN6O3/c1-28-15-10(3-2-4-13(15)19)6-22-16-12(18)8-23-17(25-16)24-11(5-20)7-21-9-14(26)27/h2-5,7-8,20-21H,6,9H2,1H3,(H,26,27)(H2,22,23,24,25)/b11-7+,20-5?. The Hall–Kier alpha value is -3.40. The predicted molar refractivity (Wildman–Crippen MR) is 103 cm³/mol. The minimum absolute atomic E-state index is 0.122. The zero-order chi connectivity index (χ0) is 20.5. The molecular weight excluding hydrogens is 391 g/mol. The van der Waals surface area contributed by atoms with Gasteiger partial charge in [-0.25, -0.2) is 9.37 Å². The van der Waals surface area contributed by atoms with Crippen LogP contribution in [0.4, 0.5) is 16.2 Å². The number of aromatic nitrogens is 2. The highest BCUT2D eigenvalue weighted by Gasteiger charge is 2.11. The average Bonchev–Trinajstić information content (AvgIpc) is 2.67. The van der Waals surface area contributed by atoms with E-state index >= 15 is 0 Å². The van der Waals surface area contributed by atoms with Crippen LogP contribution in [0.3, 0.4) is 0 Å². The summed E-state index contributed by atoms with van der Waals surface area (Å²) in [5.41, 5.74) is 0.811. The molecule has 11 heteroatoms. The fraction of sp³-hybridized carbons (Fsp3) is 0.176. The molecule has 2 aromatic rings. The van der Waals surface area contributed by atoms with Gasteiger partial charge in [0.25, 0.3) is 0 Å². The van der Waals surface area contributed by atoms with E-state index in [1.165, 1.54) is 25.6 Å². The molecule has 0 saturated carbocycles. The molecule has 9 nitrogen and oxygen atoms in total. The van der Waals surface area contributed by atoms with Crippen molar-refractivity contribution >= 4 is 35.6 Å². The maximum Gasteiger partial charge on any atom is 0.322 e. The molecule has 5 N–H and O–H groups in total. The van der Waals surface area contributed by atoms with E-state index in [4.69, 9.17) is 26.9 Å². The Morgan fingerprint density at radius 2 is 2.25 bits per heavy atom. The Morgan fingerprint density at radius 1 is 1.46 bits per heavy atom. The number of para-hydroxylation sites is 1. The lowest BCUT2D eigenvalue weighted by molar-refractivity contribution is -0.135. The van der Waals surface area contributed by atoms with Crippen molar-refractivity contribution in [3.05, 3.63) is 52.7 Å². The molecule has 0 radical (unpaired) electrons. The summed E-state index contributed by atoms with van der Waals surface area (Å²) in [6.45, 7) is -0.104. The summed E-state index contributed by atoms with van der Waals surface area (Å²) in [6, 6.07) is 4.56. The third-order valence-corrected chi connectivity index (χ3v) is 3.64. The highest BCUT2D eigenvalue weighted by atomic mass is 35.5. The van der Waals surface area contributed by atoms with E-state index in [-0.39, 0.29) is 41.3 Å². The van der Waals surface area contributed by atoms with Crippen molar-refractivity contribution in [2.45, 2.75) is 6.54 Å². The number of carboxylic acids is 1. The monoisotopic (exact) mass is 408 g/mol. The van der Waals surface area contributed by atoms with Gasteiger partial charge >= 0.3 is 5.97 Å². The predicted octanol–water partition coefficient (Wildman–Crippen LogP) is 2.47. The molecule has 1 heterocycles. The van der Waals surface area contributed by atoms with Gasteiger partial charge in [0.15, 0.2) is 17.4 Å². The molecule has 0 aliphatic heterocycles. The van der Waals surface area contributed by atoms with Crippen LogP contribution in [0.1, 0.15) is 5.56 Å². The largest absolute Gasteiger partial charge is 0.493 e. The maximum atomic E-state index is 13.8. The van der Waals surface area contributed by atoms with Gasteiger partial charge in [-0.15, -0.1) is 0 Å². The van der Waals surface area contributed by atoms with Crippen LogP contribution < -0.4 is 20.7 Å². The number of hydrogen-bond acceptors (Lipinski definition) is 8. The minimum Gasteiger partial charge on any atom is -0.493 e. The Bertz CT molecular complexity index is 893. The molecule has 0 bridgehead atoms. The first-order valence-electron chi connectivity index (χ1n) is 7.95. The van der Waals surface area contributed by atoms with Crippen molar-refractivity contribution in [1.82, 2.24) is 15.3 Å². The summed E-state index contributed by atoms with van der Waals surface area (Å²) >= 11 is 6.10. The fourth-order valence-electron chi connectivity index (χ4n) is 2.14. The minimum atomic E-state index is -1.04. The van der Waals surface area contributed by atoms with Crippen molar-refractivity contribution in [3.63, 3.8) is 0 Å². The van der Waals surface area contributed by atoms with Gasteiger partial charge in [0.1, 0.15) is 11.6 Å². The Morgan fingerprint density at radius 3 is 2.93 bits per heavy atom. The summed E-state index contributed by atoms with van der Waals surface area (Å²) in [7, 11) is 1.38. The molecule has 28 heavy (non-hydrogen) atoms. The molecule has 0 unspecified atom stereocenters. The first-order valence-corrected chi connectivity index (χ1v) is 8.33. The van der Waals surface area contributed by atoms with Gasteiger partial charge in [0, 0.05) is 24.5 Å². The second-order valence-electron chi connectivity index (χ2n) is 5.32. The van der Waals surface area contributed by atoms with E-state index in [0.29, 0.717) is 5.56 Å².